The summed E-state index contributed by atoms with van der Waals surface area (Å²) in [5.41, 5.74) is 1.05. The highest BCUT2D eigenvalue weighted by Crippen LogP contribution is 2.09. The first kappa shape index (κ1) is 19.2. The molecule has 0 bridgehead atoms. The standard InChI is InChI=1S/C17H21N3O4/c1-10(2)15(19-11(3)21)16(22)20-14(17(23)24)8-12-5-4-6-13(7-12)9-18/h4-7,10,14-15H,8H2,1-3H3,(H,19,21)(H,20,22)(H,23,24)/t14-,15+/m0/s1. The molecule has 0 saturated carbocycles. The summed E-state index contributed by atoms with van der Waals surface area (Å²) in [6.07, 6.45) is 0.0431. The van der Waals surface area contributed by atoms with Crippen molar-refractivity contribution < 1.29 is 19.5 Å². The van der Waals surface area contributed by atoms with Crippen molar-refractivity contribution in [2.24, 2.45) is 5.92 Å². The number of benzene rings is 1. The number of nitrogens with zero attached hydrogens (tertiary/aromatic N) is 1. The average molecular weight is 331 g/mol. The van der Waals surface area contributed by atoms with Gasteiger partial charge in [0.05, 0.1) is 11.6 Å². The van der Waals surface area contributed by atoms with E-state index in [0.717, 1.165) is 0 Å². The van der Waals surface area contributed by atoms with Crippen LogP contribution < -0.4 is 10.6 Å². The summed E-state index contributed by atoms with van der Waals surface area (Å²) in [6.45, 7) is 4.81. The summed E-state index contributed by atoms with van der Waals surface area (Å²) in [4.78, 5) is 35.0. The molecule has 0 radical (unpaired) electrons. The van der Waals surface area contributed by atoms with Crippen molar-refractivity contribution >= 4 is 17.8 Å². The Bertz CT molecular complexity index is 664. The Balaban J connectivity index is 2.88. The molecule has 0 unspecified atom stereocenters. The minimum absolute atomic E-state index is 0.0431. The number of hydrogen-bond donors (Lipinski definition) is 3. The number of rotatable bonds is 7. The molecule has 0 spiro atoms. The largest absolute Gasteiger partial charge is 0.480 e. The van der Waals surface area contributed by atoms with Crippen molar-refractivity contribution in [1.82, 2.24) is 10.6 Å². The van der Waals surface area contributed by atoms with Crippen molar-refractivity contribution in [1.29, 1.82) is 5.26 Å². The van der Waals surface area contributed by atoms with Crippen LogP contribution in [0, 0.1) is 17.2 Å². The van der Waals surface area contributed by atoms with Crippen LogP contribution in [0.15, 0.2) is 24.3 Å². The molecule has 128 valence electrons. The van der Waals surface area contributed by atoms with Crippen LogP contribution in [0.1, 0.15) is 31.9 Å². The molecule has 0 aromatic heterocycles. The van der Waals surface area contributed by atoms with E-state index in [4.69, 9.17) is 5.26 Å². The average Bonchev–Trinajstić information content (AvgIpc) is 2.51. The van der Waals surface area contributed by atoms with Gasteiger partial charge in [-0.3, -0.25) is 9.59 Å². The number of carbonyl (C=O) groups excluding carboxylic acids is 2. The van der Waals surface area contributed by atoms with E-state index in [0.29, 0.717) is 11.1 Å². The van der Waals surface area contributed by atoms with Crippen molar-refractivity contribution in [2.75, 3.05) is 0 Å². The molecular weight excluding hydrogens is 310 g/mol. The minimum atomic E-state index is -1.18. The number of hydrogen-bond acceptors (Lipinski definition) is 4. The quantitative estimate of drug-likeness (QED) is 0.684. The molecule has 0 saturated heterocycles. The molecule has 0 aliphatic carbocycles. The van der Waals surface area contributed by atoms with E-state index >= 15 is 0 Å². The van der Waals surface area contributed by atoms with Gasteiger partial charge >= 0.3 is 5.97 Å². The zero-order valence-corrected chi connectivity index (χ0v) is 13.9. The number of amides is 2. The fraction of sp³-hybridized carbons (Fsp3) is 0.412. The molecule has 7 heteroatoms. The van der Waals surface area contributed by atoms with Gasteiger partial charge in [0, 0.05) is 13.3 Å². The molecule has 24 heavy (non-hydrogen) atoms. The summed E-state index contributed by atoms with van der Waals surface area (Å²) in [7, 11) is 0. The maximum Gasteiger partial charge on any atom is 0.326 e. The van der Waals surface area contributed by atoms with Crippen molar-refractivity contribution in [3.05, 3.63) is 35.4 Å². The third-order valence-corrected chi connectivity index (χ3v) is 3.42. The zero-order valence-electron chi connectivity index (χ0n) is 13.9. The summed E-state index contributed by atoms with van der Waals surface area (Å²) in [5, 5.41) is 23.2. The second kappa shape index (κ2) is 8.67. The van der Waals surface area contributed by atoms with Gasteiger partial charge in [0.2, 0.25) is 11.8 Å². The Morgan fingerprint density at radius 1 is 1.25 bits per heavy atom. The highest BCUT2D eigenvalue weighted by molar-refractivity contribution is 5.90. The highest BCUT2D eigenvalue weighted by atomic mass is 16.4. The van der Waals surface area contributed by atoms with E-state index < -0.39 is 24.0 Å². The Hall–Kier alpha value is -2.88. The summed E-state index contributed by atoms with van der Waals surface area (Å²) in [6, 6.07) is 6.56. The molecule has 1 aromatic carbocycles. The molecule has 0 fully saturated rings. The van der Waals surface area contributed by atoms with Crippen LogP contribution in [0.2, 0.25) is 0 Å². The lowest BCUT2D eigenvalue weighted by molar-refractivity contribution is -0.142. The van der Waals surface area contributed by atoms with E-state index in [1.54, 1.807) is 38.1 Å². The van der Waals surface area contributed by atoms with Crippen LogP contribution in [0.25, 0.3) is 0 Å². The molecular formula is C17H21N3O4. The summed E-state index contributed by atoms with van der Waals surface area (Å²) < 4.78 is 0. The second-order valence-corrected chi connectivity index (χ2v) is 5.84. The molecule has 3 N–H and O–H groups in total. The van der Waals surface area contributed by atoms with Gasteiger partial charge < -0.3 is 15.7 Å². The topological polar surface area (TPSA) is 119 Å². The summed E-state index contributed by atoms with van der Waals surface area (Å²) in [5.74, 6) is -2.29. The first-order chi connectivity index (χ1) is 11.2. The second-order valence-electron chi connectivity index (χ2n) is 5.84. The zero-order chi connectivity index (χ0) is 18.3. The van der Waals surface area contributed by atoms with Crippen LogP contribution >= 0.6 is 0 Å². The van der Waals surface area contributed by atoms with Gasteiger partial charge in [-0.2, -0.15) is 5.26 Å². The Labute approximate surface area is 140 Å². The van der Waals surface area contributed by atoms with Crippen LogP contribution in [-0.4, -0.2) is 35.0 Å². The number of aliphatic carboxylic acids is 1. The van der Waals surface area contributed by atoms with Gasteiger partial charge in [-0.1, -0.05) is 26.0 Å². The van der Waals surface area contributed by atoms with E-state index in [2.05, 4.69) is 10.6 Å². The third-order valence-electron chi connectivity index (χ3n) is 3.42. The van der Waals surface area contributed by atoms with E-state index in [1.165, 1.54) is 6.92 Å². The van der Waals surface area contributed by atoms with E-state index in [-0.39, 0.29) is 18.2 Å². The maximum atomic E-state index is 12.3. The minimum Gasteiger partial charge on any atom is -0.480 e. The number of carboxylic acids is 1. The molecule has 1 aromatic rings. The van der Waals surface area contributed by atoms with Gasteiger partial charge in [0.1, 0.15) is 12.1 Å². The molecule has 2 atom stereocenters. The molecule has 2 amide bonds. The van der Waals surface area contributed by atoms with Crippen molar-refractivity contribution in [3.8, 4) is 6.07 Å². The lowest BCUT2D eigenvalue weighted by atomic mass is 10.0. The van der Waals surface area contributed by atoms with Crippen molar-refractivity contribution in [3.63, 3.8) is 0 Å². The lowest BCUT2D eigenvalue weighted by Crippen LogP contribution is -2.53. The Morgan fingerprint density at radius 2 is 1.92 bits per heavy atom. The van der Waals surface area contributed by atoms with Gasteiger partial charge in [-0.05, 0) is 23.6 Å². The van der Waals surface area contributed by atoms with Crippen LogP contribution in [-0.2, 0) is 20.8 Å². The van der Waals surface area contributed by atoms with E-state index in [1.807, 2.05) is 6.07 Å². The van der Waals surface area contributed by atoms with Crippen LogP contribution in [0.3, 0.4) is 0 Å². The molecule has 1 rings (SSSR count). The maximum absolute atomic E-state index is 12.3. The molecule has 0 aliphatic heterocycles. The SMILES string of the molecule is CC(=O)N[C@@H](C(=O)N[C@@H](Cc1cccc(C#N)c1)C(=O)O)C(C)C. The highest BCUT2D eigenvalue weighted by Gasteiger charge is 2.28. The molecule has 7 nitrogen and oxygen atoms in total. The number of nitriles is 1. The monoisotopic (exact) mass is 331 g/mol. The molecule has 0 aliphatic rings. The first-order valence-electron chi connectivity index (χ1n) is 7.54. The fourth-order valence-electron chi connectivity index (χ4n) is 2.22. The Kier molecular flexibility index (Phi) is 6.93. The van der Waals surface area contributed by atoms with Gasteiger partial charge in [0.25, 0.3) is 0 Å². The normalized spacial score (nSPS) is 12.8. The first-order valence-corrected chi connectivity index (χ1v) is 7.54. The van der Waals surface area contributed by atoms with Crippen molar-refractivity contribution in [2.45, 2.75) is 39.3 Å². The molecule has 0 heterocycles. The Morgan fingerprint density at radius 3 is 2.42 bits per heavy atom. The third kappa shape index (κ3) is 5.72. The van der Waals surface area contributed by atoms with Crippen LogP contribution in [0.5, 0.6) is 0 Å². The number of nitrogens with one attached hydrogen (secondary N) is 2. The van der Waals surface area contributed by atoms with Gasteiger partial charge in [-0.25, -0.2) is 4.79 Å². The smallest absolute Gasteiger partial charge is 0.326 e. The predicted octanol–water partition coefficient (Wildman–Crippen LogP) is 0.831. The fourth-order valence-corrected chi connectivity index (χ4v) is 2.22. The van der Waals surface area contributed by atoms with Gasteiger partial charge in [-0.15, -0.1) is 0 Å². The van der Waals surface area contributed by atoms with E-state index in [9.17, 15) is 19.5 Å². The van der Waals surface area contributed by atoms with Gasteiger partial charge in [0.15, 0.2) is 0 Å². The number of carbonyl (C=O) groups is 3. The number of carboxylic acid groups (broad SMARTS) is 1. The van der Waals surface area contributed by atoms with Crippen LogP contribution in [0.4, 0.5) is 0 Å². The summed E-state index contributed by atoms with van der Waals surface area (Å²) >= 11 is 0. The lowest BCUT2D eigenvalue weighted by Gasteiger charge is -2.23. The predicted molar refractivity (Wildman–Crippen MR) is 86.9 cm³/mol.